The molecule has 0 aromatic heterocycles. The van der Waals surface area contributed by atoms with Gasteiger partial charge in [0.05, 0.1) is 19.1 Å². The van der Waals surface area contributed by atoms with Gasteiger partial charge in [-0.1, -0.05) is 67.4 Å². The number of hydrogen-bond donors (Lipinski definition) is 1. The van der Waals surface area contributed by atoms with Gasteiger partial charge in [0.1, 0.15) is 0 Å². The lowest BCUT2D eigenvalue weighted by molar-refractivity contribution is -0.133. The highest BCUT2D eigenvalue weighted by Gasteiger charge is 2.23. The Kier molecular flexibility index (Phi) is 8.72. The molecule has 2 aromatic rings. The maximum Gasteiger partial charge on any atom is 0.236 e. The number of rotatable bonds is 7. The fourth-order valence-corrected chi connectivity index (χ4v) is 4.89. The smallest absolute Gasteiger partial charge is 0.236 e. The summed E-state index contributed by atoms with van der Waals surface area (Å²) < 4.78 is 0. The van der Waals surface area contributed by atoms with Crippen molar-refractivity contribution < 1.29 is 9.59 Å². The largest absolute Gasteiger partial charge is 0.348 e. The summed E-state index contributed by atoms with van der Waals surface area (Å²) in [7, 11) is 0. The van der Waals surface area contributed by atoms with E-state index < -0.39 is 0 Å². The summed E-state index contributed by atoms with van der Waals surface area (Å²) in [5.74, 6) is 0.314. The van der Waals surface area contributed by atoms with Crippen molar-refractivity contribution in [3.63, 3.8) is 0 Å². The number of nitrogens with zero attached hydrogens (tertiary/aromatic N) is 3. The van der Waals surface area contributed by atoms with E-state index in [9.17, 15) is 9.59 Å². The summed E-state index contributed by atoms with van der Waals surface area (Å²) in [5.41, 5.74) is 3.47. The van der Waals surface area contributed by atoms with E-state index >= 15 is 0 Å². The molecule has 0 unspecified atom stereocenters. The van der Waals surface area contributed by atoms with Crippen LogP contribution >= 0.6 is 0 Å². The van der Waals surface area contributed by atoms with Crippen molar-refractivity contribution in [3.05, 3.63) is 60.2 Å². The van der Waals surface area contributed by atoms with Crippen LogP contribution in [0.3, 0.4) is 0 Å². The molecule has 1 atom stereocenters. The highest BCUT2D eigenvalue weighted by Crippen LogP contribution is 2.21. The van der Waals surface area contributed by atoms with Crippen LogP contribution in [-0.2, 0) is 9.59 Å². The molecule has 1 N–H and O–H groups in total. The molecule has 2 fully saturated rings. The Balaban J connectivity index is 1.18. The maximum absolute atomic E-state index is 12.7. The Morgan fingerprint density at radius 2 is 1.29 bits per heavy atom. The number of amides is 2. The van der Waals surface area contributed by atoms with Gasteiger partial charge in [-0.15, -0.1) is 0 Å². The fourth-order valence-electron chi connectivity index (χ4n) is 4.89. The third-order valence-corrected chi connectivity index (χ3v) is 7.05. The standard InChI is InChI=1S/C28H38N4O2/c1-23(24-11-13-26(14-12-24)25-9-5-4-6-10-25)29-27(33)21-30-17-19-31(20-18-30)22-28(34)32-15-7-2-3-8-16-32/h4-6,9-14,23H,2-3,7-8,15-22H2,1H3,(H,29,33)/t23-/m0/s1. The predicted octanol–water partition coefficient (Wildman–Crippen LogP) is 3.55. The molecule has 6 nitrogen and oxygen atoms in total. The zero-order valence-corrected chi connectivity index (χ0v) is 20.4. The van der Waals surface area contributed by atoms with Gasteiger partial charge in [-0.2, -0.15) is 0 Å². The SMILES string of the molecule is C[C@H](NC(=O)CN1CCN(CC(=O)N2CCCCCC2)CC1)c1ccc(-c2ccccc2)cc1. The van der Waals surface area contributed by atoms with E-state index in [1.807, 2.05) is 30.0 Å². The molecule has 0 radical (unpaired) electrons. The molecular formula is C28H38N4O2. The fraction of sp³-hybridized carbons (Fsp3) is 0.500. The molecular weight excluding hydrogens is 424 g/mol. The van der Waals surface area contributed by atoms with Crippen LogP contribution in [0, 0.1) is 0 Å². The van der Waals surface area contributed by atoms with Gasteiger partial charge in [0.25, 0.3) is 0 Å². The average Bonchev–Trinajstić information content (AvgIpc) is 3.16. The second kappa shape index (κ2) is 12.1. The lowest BCUT2D eigenvalue weighted by atomic mass is 10.0. The lowest BCUT2D eigenvalue weighted by Gasteiger charge is -2.35. The molecule has 2 aliphatic rings. The van der Waals surface area contributed by atoms with E-state index in [1.165, 1.54) is 24.0 Å². The van der Waals surface area contributed by atoms with Gasteiger partial charge in [-0.25, -0.2) is 0 Å². The maximum atomic E-state index is 12.7. The van der Waals surface area contributed by atoms with Crippen LogP contribution in [0.4, 0.5) is 0 Å². The molecule has 0 aliphatic carbocycles. The van der Waals surface area contributed by atoms with Crippen molar-refractivity contribution in [2.45, 2.75) is 38.6 Å². The first kappa shape index (κ1) is 24.4. The molecule has 2 saturated heterocycles. The Bertz CT molecular complexity index is 915. The minimum absolute atomic E-state index is 0.0372. The predicted molar refractivity (Wildman–Crippen MR) is 136 cm³/mol. The number of benzene rings is 2. The number of carbonyl (C=O) groups excluding carboxylic acids is 2. The van der Waals surface area contributed by atoms with Gasteiger partial charge in [0.15, 0.2) is 0 Å². The molecule has 0 saturated carbocycles. The highest BCUT2D eigenvalue weighted by atomic mass is 16.2. The normalized spacial score (nSPS) is 18.8. The number of carbonyl (C=O) groups is 2. The highest BCUT2D eigenvalue weighted by molar-refractivity contribution is 5.79. The van der Waals surface area contributed by atoms with E-state index in [1.54, 1.807) is 0 Å². The van der Waals surface area contributed by atoms with Crippen molar-refractivity contribution in [2.24, 2.45) is 0 Å². The van der Waals surface area contributed by atoms with E-state index in [0.29, 0.717) is 13.1 Å². The lowest BCUT2D eigenvalue weighted by Crippen LogP contribution is -2.52. The van der Waals surface area contributed by atoms with E-state index in [4.69, 9.17) is 0 Å². The van der Waals surface area contributed by atoms with E-state index in [-0.39, 0.29) is 17.9 Å². The van der Waals surface area contributed by atoms with Gasteiger partial charge >= 0.3 is 0 Å². The van der Waals surface area contributed by atoms with Crippen molar-refractivity contribution >= 4 is 11.8 Å². The van der Waals surface area contributed by atoms with Crippen LogP contribution in [0.1, 0.15) is 44.2 Å². The van der Waals surface area contributed by atoms with Crippen molar-refractivity contribution in [1.82, 2.24) is 20.0 Å². The summed E-state index contributed by atoms with van der Waals surface area (Å²) in [6.07, 6.45) is 4.73. The van der Waals surface area contributed by atoms with Crippen molar-refractivity contribution in [1.29, 1.82) is 0 Å². The number of likely N-dealkylation sites (tertiary alicyclic amines) is 1. The summed E-state index contributed by atoms with van der Waals surface area (Å²) in [6.45, 7) is 8.07. The molecule has 0 spiro atoms. The van der Waals surface area contributed by atoms with Crippen LogP contribution in [0.5, 0.6) is 0 Å². The monoisotopic (exact) mass is 462 g/mol. The van der Waals surface area contributed by atoms with Gasteiger partial charge in [-0.3, -0.25) is 19.4 Å². The number of hydrogen-bond acceptors (Lipinski definition) is 4. The minimum atomic E-state index is -0.0372. The van der Waals surface area contributed by atoms with Gasteiger partial charge < -0.3 is 10.2 Å². The summed E-state index contributed by atoms with van der Waals surface area (Å²) in [6, 6.07) is 18.7. The third kappa shape index (κ3) is 6.90. The van der Waals surface area contributed by atoms with E-state index in [0.717, 1.165) is 57.7 Å². The molecule has 0 bridgehead atoms. The molecule has 182 valence electrons. The third-order valence-electron chi connectivity index (χ3n) is 7.05. The zero-order valence-electron chi connectivity index (χ0n) is 20.4. The van der Waals surface area contributed by atoms with Crippen molar-refractivity contribution in [3.8, 4) is 11.1 Å². The first-order chi connectivity index (χ1) is 16.6. The zero-order chi connectivity index (χ0) is 23.8. The summed E-state index contributed by atoms with van der Waals surface area (Å²) >= 11 is 0. The summed E-state index contributed by atoms with van der Waals surface area (Å²) in [5, 5.41) is 3.14. The van der Waals surface area contributed by atoms with Crippen LogP contribution in [0.15, 0.2) is 54.6 Å². The Labute approximate surface area is 203 Å². The second-order valence-electron chi connectivity index (χ2n) is 9.62. The van der Waals surface area contributed by atoms with Gasteiger partial charge in [-0.05, 0) is 36.5 Å². The molecule has 2 aliphatic heterocycles. The Morgan fingerprint density at radius 3 is 1.91 bits per heavy atom. The topological polar surface area (TPSA) is 55.9 Å². The number of piperazine rings is 1. The first-order valence-electron chi connectivity index (χ1n) is 12.8. The molecule has 2 heterocycles. The quantitative estimate of drug-likeness (QED) is 0.684. The molecule has 34 heavy (non-hydrogen) atoms. The van der Waals surface area contributed by atoms with Gasteiger partial charge in [0.2, 0.25) is 11.8 Å². The van der Waals surface area contributed by atoms with Gasteiger partial charge in [0, 0.05) is 39.3 Å². The molecule has 6 heteroatoms. The van der Waals surface area contributed by atoms with E-state index in [2.05, 4.69) is 51.5 Å². The second-order valence-corrected chi connectivity index (χ2v) is 9.62. The average molecular weight is 463 g/mol. The van der Waals surface area contributed by atoms with Crippen LogP contribution < -0.4 is 5.32 Å². The van der Waals surface area contributed by atoms with Crippen LogP contribution in [0.25, 0.3) is 11.1 Å². The molecule has 2 amide bonds. The summed E-state index contributed by atoms with van der Waals surface area (Å²) in [4.78, 5) is 31.8. The van der Waals surface area contributed by atoms with Crippen LogP contribution in [0.2, 0.25) is 0 Å². The Hall–Kier alpha value is -2.70. The molecule has 2 aromatic carbocycles. The first-order valence-corrected chi connectivity index (χ1v) is 12.8. The molecule has 4 rings (SSSR count). The van der Waals surface area contributed by atoms with Crippen molar-refractivity contribution in [2.75, 3.05) is 52.4 Å². The van der Waals surface area contributed by atoms with Crippen LogP contribution in [-0.4, -0.2) is 78.9 Å². The minimum Gasteiger partial charge on any atom is -0.348 e. The Morgan fingerprint density at radius 1 is 0.735 bits per heavy atom. The number of nitrogens with one attached hydrogen (secondary N) is 1.